The van der Waals surface area contributed by atoms with Crippen molar-refractivity contribution in [1.29, 1.82) is 0 Å². The first-order valence-corrected chi connectivity index (χ1v) is 8.74. The zero-order chi connectivity index (χ0) is 16.1. The van der Waals surface area contributed by atoms with E-state index in [1.54, 1.807) is 11.8 Å². The summed E-state index contributed by atoms with van der Waals surface area (Å²) in [6, 6.07) is 14.5. The van der Waals surface area contributed by atoms with Crippen molar-refractivity contribution in [2.45, 2.75) is 42.5 Å². The van der Waals surface area contributed by atoms with Gasteiger partial charge in [-0.1, -0.05) is 43.8 Å². The SMILES string of the molecule is CC(C)c1[nH]c(CCc2ccncc2)nc1Sc1ccccc1. The fourth-order valence-electron chi connectivity index (χ4n) is 2.42. The van der Waals surface area contributed by atoms with Crippen LogP contribution in [0.2, 0.25) is 0 Å². The van der Waals surface area contributed by atoms with Crippen LogP contribution in [0, 0.1) is 0 Å². The maximum atomic E-state index is 4.83. The highest BCUT2D eigenvalue weighted by molar-refractivity contribution is 7.99. The zero-order valence-corrected chi connectivity index (χ0v) is 14.3. The zero-order valence-electron chi connectivity index (χ0n) is 13.5. The molecule has 0 radical (unpaired) electrons. The van der Waals surface area contributed by atoms with E-state index in [1.165, 1.54) is 16.2 Å². The number of imidazole rings is 1. The van der Waals surface area contributed by atoms with E-state index in [9.17, 15) is 0 Å². The minimum atomic E-state index is 0.434. The number of hydrogen-bond donors (Lipinski definition) is 1. The molecule has 0 bridgehead atoms. The lowest BCUT2D eigenvalue weighted by Crippen LogP contribution is -1.94. The van der Waals surface area contributed by atoms with Gasteiger partial charge >= 0.3 is 0 Å². The Morgan fingerprint density at radius 1 is 1.00 bits per heavy atom. The number of aryl methyl sites for hydroxylation is 2. The Hall–Kier alpha value is -2.07. The average Bonchev–Trinajstić information content (AvgIpc) is 2.98. The van der Waals surface area contributed by atoms with E-state index in [4.69, 9.17) is 4.98 Å². The first kappa shape index (κ1) is 15.8. The maximum absolute atomic E-state index is 4.83. The summed E-state index contributed by atoms with van der Waals surface area (Å²) in [4.78, 5) is 13.6. The van der Waals surface area contributed by atoms with Crippen molar-refractivity contribution < 1.29 is 0 Å². The highest BCUT2D eigenvalue weighted by Gasteiger charge is 2.14. The smallest absolute Gasteiger partial charge is 0.122 e. The molecular weight excluding hydrogens is 302 g/mol. The lowest BCUT2D eigenvalue weighted by Gasteiger charge is -2.05. The van der Waals surface area contributed by atoms with Crippen molar-refractivity contribution in [3.05, 3.63) is 71.9 Å². The fraction of sp³-hybridized carbons (Fsp3) is 0.263. The van der Waals surface area contributed by atoms with E-state index >= 15 is 0 Å². The number of aromatic amines is 1. The van der Waals surface area contributed by atoms with Crippen LogP contribution in [0.4, 0.5) is 0 Å². The molecule has 0 unspecified atom stereocenters. The van der Waals surface area contributed by atoms with Crippen LogP contribution in [0.1, 0.15) is 36.8 Å². The maximum Gasteiger partial charge on any atom is 0.122 e. The molecule has 0 aliphatic rings. The van der Waals surface area contributed by atoms with Crippen molar-refractivity contribution in [2.75, 3.05) is 0 Å². The molecule has 0 fully saturated rings. The molecule has 23 heavy (non-hydrogen) atoms. The Kier molecular flexibility index (Phi) is 5.13. The number of aromatic nitrogens is 3. The Bertz CT molecular complexity index is 736. The van der Waals surface area contributed by atoms with Gasteiger partial charge in [0.1, 0.15) is 10.9 Å². The van der Waals surface area contributed by atoms with Crippen molar-refractivity contribution in [3.63, 3.8) is 0 Å². The van der Waals surface area contributed by atoms with Crippen LogP contribution >= 0.6 is 11.8 Å². The van der Waals surface area contributed by atoms with Gasteiger partial charge in [0.15, 0.2) is 0 Å². The molecule has 2 heterocycles. The molecule has 0 amide bonds. The molecule has 1 aromatic carbocycles. The lowest BCUT2D eigenvalue weighted by molar-refractivity contribution is 0.799. The number of pyridine rings is 1. The first-order valence-electron chi connectivity index (χ1n) is 7.93. The van der Waals surface area contributed by atoms with Gasteiger partial charge in [0.05, 0.1) is 5.69 Å². The topological polar surface area (TPSA) is 41.6 Å². The molecule has 2 aromatic heterocycles. The van der Waals surface area contributed by atoms with Crippen LogP contribution in [0.25, 0.3) is 0 Å². The molecule has 0 aliphatic heterocycles. The molecular formula is C19H21N3S. The second kappa shape index (κ2) is 7.47. The van der Waals surface area contributed by atoms with Gasteiger partial charge in [-0.05, 0) is 42.2 Å². The first-order chi connectivity index (χ1) is 11.2. The summed E-state index contributed by atoms with van der Waals surface area (Å²) in [5.74, 6) is 1.49. The molecule has 3 aromatic rings. The van der Waals surface area contributed by atoms with Crippen LogP contribution < -0.4 is 0 Å². The van der Waals surface area contributed by atoms with Gasteiger partial charge in [0.25, 0.3) is 0 Å². The summed E-state index contributed by atoms with van der Waals surface area (Å²) in [6.07, 6.45) is 5.57. The molecule has 3 nitrogen and oxygen atoms in total. The van der Waals surface area contributed by atoms with E-state index in [0.717, 1.165) is 23.7 Å². The van der Waals surface area contributed by atoms with E-state index in [1.807, 2.05) is 18.5 Å². The van der Waals surface area contributed by atoms with Crippen molar-refractivity contribution in [3.8, 4) is 0 Å². The number of rotatable bonds is 6. The van der Waals surface area contributed by atoms with Crippen LogP contribution in [0.15, 0.2) is 64.8 Å². The van der Waals surface area contributed by atoms with Gasteiger partial charge in [-0.25, -0.2) is 4.98 Å². The minimum Gasteiger partial charge on any atom is -0.345 e. The van der Waals surface area contributed by atoms with Crippen molar-refractivity contribution in [1.82, 2.24) is 15.0 Å². The third-order valence-corrected chi connectivity index (χ3v) is 4.69. The van der Waals surface area contributed by atoms with Crippen molar-refractivity contribution in [2.24, 2.45) is 0 Å². The monoisotopic (exact) mass is 323 g/mol. The number of nitrogens with one attached hydrogen (secondary N) is 1. The minimum absolute atomic E-state index is 0.434. The molecule has 0 saturated heterocycles. The quantitative estimate of drug-likeness (QED) is 0.704. The molecule has 4 heteroatoms. The third-order valence-electron chi connectivity index (χ3n) is 3.68. The number of nitrogens with zero attached hydrogens (tertiary/aromatic N) is 2. The van der Waals surface area contributed by atoms with E-state index < -0.39 is 0 Å². The van der Waals surface area contributed by atoms with Gasteiger partial charge < -0.3 is 4.98 Å². The third kappa shape index (κ3) is 4.23. The van der Waals surface area contributed by atoms with E-state index in [2.05, 4.69) is 60.2 Å². The normalized spacial score (nSPS) is 11.1. The second-order valence-electron chi connectivity index (χ2n) is 5.83. The largest absolute Gasteiger partial charge is 0.345 e. The van der Waals surface area contributed by atoms with Gasteiger partial charge in [0.2, 0.25) is 0 Å². The van der Waals surface area contributed by atoms with E-state index in [0.29, 0.717) is 5.92 Å². The van der Waals surface area contributed by atoms with Crippen LogP contribution in [0.5, 0.6) is 0 Å². The predicted molar refractivity (Wildman–Crippen MR) is 94.9 cm³/mol. The van der Waals surface area contributed by atoms with Crippen LogP contribution in [0.3, 0.4) is 0 Å². The molecule has 0 spiro atoms. The molecule has 0 atom stereocenters. The van der Waals surface area contributed by atoms with Gasteiger partial charge in [-0.2, -0.15) is 0 Å². The number of H-pyrrole nitrogens is 1. The number of hydrogen-bond acceptors (Lipinski definition) is 3. The Morgan fingerprint density at radius 3 is 2.43 bits per heavy atom. The molecule has 3 rings (SSSR count). The number of benzene rings is 1. The summed E-state index contributed by atoms with van der Waals surface area (Å²) >= 11 is 1.73. The fourth-order valence-corrected chi connectivity index (χ4v) is 3.49. The van der Waals surface area contributed by atoms with Crippen molar-refractivity contribution >= 4 is 11.8 Å². The Morgan fingerprint density at radius 2 is 1.74 bits per heavy atom. The summed E-state index contributed by atoms with van der Waals surface area (Å²) in [5.41, 5.74) is 2.52. The van der Waals surface area contributed by atoms with Gasteiger partial charge in [0, 0.05) is 23.7 Å². The summed E-state index contributed by atoms with van der Waals surface area (Å²) < 4.78 is 0. The standard InChI is InChI=1S/C19H21N3S/c1-14(2)18-19(23-16-6-4-3-5-7-16)22-17(21-18)9-8-15-10-12-20-13-11-15/h3-7,10-14H,8-9H2,1-2H3,(H,21,22). The Labute approximate surface area is 141 Å². The summed E-state index contributed by atoms with van der Waals surface area (Å²) in [7, 11) is 0. The summed E-state index contributed by atoms with van der Waals surface area (Å²) in [5, 5.41) is 1.09. The highest BCUT2D eigenvalue weighted by atomic mass is 32.2. The van der Waals surface area contributed by atoms with Crippen LogP contribution in [-0.4, -0.2) is 15.0 Å². The summed E-state index contributed by atoms with van der Waals surface area (Å²) in [6.45, 7) is 4.41. The van der Waals surface area contributed by atoms with Gasteiger partial charge in [-0.15, -0.1) is 0 Å². The van der Waals surface area contributed by atoms with Gasteiger partial charge in [-0.3, -0.25) is 4.98 Å². The van der Waals surface area contributed by atoms with Crippen LogP contribution in [-0.2, 0) is 12.8 Å². The molecule has 0 saturated carbocycles. The van der Waals surface area contributed by atoms with E-state index in [-0.39, 0.29) is 0 Å². The Balaban J connectivity index is 1.76. The predicted octanol–water partition coefficient (Wildman–Crippen LogP) is 4.86. The average molecular weight is 323 g/mol. The molecule has 1 N–H and O–H groups in total. The highest BCUT2D eigenvalue weighted by Crippen LogP contribution is 2.32. The lowest BCUT2D eigenvalue weighted by atomic mass is 10.1. The molecule has 118 valence electrons. The molecule has 0 aliphatic carbocycles. The second-order valence-corrected chi connectivity index (χ2v) is 6.89.